The topological polar surface area (TPSA) is 69.6 Å². The van der Waals surface area contributed by atoms with Crippen molar-refractivity contribution in [2.24, 2.45) is 5.73 Å². The van der Waals surface area contributed by atoms with Gasteiger partial charge >= 0.3 is 0 Å². The highest BCUT2D eigenvalue weighted by atomic mass is 79.9. The van der Waals surface area contributed by atoms with Crippen molar-refractivity contribution < 1.29 is 0 Å². The summed E-state index contributed by atoms with van der Waals surface area (Å²) in [5, 5.41) is 4.00. The van der Waals surface area contributed by atoms with Crippen molar-refractivity contribution in [2.75, 3.05) is 0 Å². The van der Waals surface area contributed by atoms with Crippen molar-refractivity contribution >= 4 is 15.9 Å². The molecular formula is C8H8BrN5. The molecule has 0 aliphatic rings. The van der Waals surface area contributed by atoms with Gasteiger partial charge in [0.05, 0.1) is 0 Å². The van der Waals surface area contributed by atoms with Crippen LogP contribution in [0.4, 0.5) is 0 Å². The van der Waals surface area contributed by atoms with E-state index in [0.717, 1.165) is 10.0 Å². The van der Waals surface area contributed by atoms with Crippen LogP contribution in [0.1, 0.15) is 5.56 Å². The van der Waals surface area contributed by atoms with Crippen LogP contribution in [-0.4, -0.2) is 19.7 Å². The van der Waals surface area contributed by atoms with Crippen molar-refractivity contribution in [3.8, 4) is 5.82 Å². The summed E-state index contributed by atoms with van der Waals surface area (Å²) in [4.78, 5) is 8.08. The molecule has 0 radical (unpaired) electrons. The molecular weight excluding hydrogens is 246 g/mol. The predicted octanol–water partition coefficient (Wildman–Crippen LogP) is 0.883. The molecule has 72 valence electrons. The molecule has 0 unspecified atom stereocenters. The van der Waals surface area contributed by atoms with E-state index in [0.29, 0.717) is 12.4 Å². The lowest BCUT2D eigenvalue weighted by atomic mass is 10.2. The van der Waals surface area contributed by atoms with Crippen molar-refractivity contribution in [3.63, 3.8) is 0 Å². The smallest absolute Gasteiger partial charge is 0.159 e. The van der Waals surface area contributed by atoms with E-state index < -0.39 is 0 Å². The van der Waals surface area contributed by atoms with Crippen LogP contribution in [0.15, 0.2) is 29.4 Å². The minimum absolute atomic E-state index is 0.418. The maximum atomic E-state index is 5.60. The molecule has 0 saturated heterocycles. The number of nitrogens with zero attached hydrogens (tertiary/aromatic N) is 4. The van der Waals surface area contributed by atoms with Gasteiger partial charge in [-0.05, 0) is 22.0 Å². The lowest BCUT2D eigenvalue weighted by Crippen LogP contribution is -2.07. The molecule has 0 aliphatic heterocycles. The summed E-state index contributed by atoms with van der Waals surface area (Å²) in [5.74, 6) is 0.716. The van der Waals surface area contributed by atoms with Crippen LogP contribution in [-0.2, 0) is 6.54 Å². The van der Waals surface area contributed by atoms with Gasteiger partial charge in [0.25, 0.3) is 0 Å². The number of hydrogen-bond acceptors (Lipinski definition) is 4. The second-order valence-electron chi connectivity index (χ2n) is 2.68. The number of pyridine rings is 1. The molecule has 2 aromatic heterocycles. The molecule has 0 spiro atoms. The zero-order valence-electron chi connectivity index (χ0n) is 7.26. The third kappa shape index (κ3) is 1.66. The van der Waals surface area contributed by atoms with Gasteiger partial charge in [0.1, 0.15) is 12.7 Å². The highest BCUT2D eigenvalue weighted by Gasteiger charge is 2.05. The van der Waals surface area contributed by atoms with Crippen molar-refractivity contribution in [1.29, 1.82) is 0 Å². The Bertz CT molecular complexity index is 425. The third-order valence-electron chi connectivity index (χ3n) is 1.77. The average molecular weight is 254 g/mol. The monoisotopic (exact) mass is 253 g/mol. The van der Waals surface area contributed by atoms with Crippen LogP contribution in [0.3, 0.4) is 0 Å². The molecule has 0 aliphatic carbocycles. The summed E-state index contributed by atoms with van der Waals surface area (Å²) >= 11 is 3.34. The number of rotatable bonds is 2. The van der Waals surface area contributed by atoms with Crippen molar-refractivity contribution in [1.82, 2.24) is 19.7 Å². The number of nitrogens with two attached hydrogens (primary N) is 1. The quantitative estimate of drug-likeness (QED) is 0.863. The van der Waals surface area contributed by atoms with Crippen LogP contribution < -0.4 is 5.73 Å². The molecule has 0 bridgehead atoms. The van der Waals surface area contributed by atoms with Crippen molar-refractivity contribution in [3.05, 3.63) is 35.0 Å². The van der Waals surface area contributed by atoms with Crippen LogP contribution in [0, 0.1) is 0 Å². The standard InChI is InChI=1S/C8H8BrN5/c9-7-1-6(2-10)8(12-3-7)14-5-11-4-13-14/h1,3-5H,2,10H2. The Kier molecular flexibility index (Phi) is 2.55. The number of hydrogen-bond donors (Lipinski definition) is 1. The van der Waals surface area contributed by atoms with E-state index in [9.17, 15) is 0 Å². The summed E-state index contributed by atoms with van der Waals surface area (Å²) in [5.41, 5.74) is 6.52. The molecule has 2 aromatic rings. The Morgan fingerprint density at radius 2 is 2.36 bits per heavy atom. The fraction of sp³-hybridized carbons (Fsp3) is 0.125. The highest BCUT2D eigenvalue weighted by Crippen LogP contribution is 2.15. The van der Waals surface area contributed by atoms with E-state index in [2.05, 4.69) is 31.0 Å². The maximum Gasteiger partial charge on any atom is 0.159 e. The lowest BCUT2D eigenvalue weighted by molar-refractivity contribution is 0.821. The van der Waals surface area contributed by atoms with Gasteiger partial charge in [-0.2, -0.15) is 5.10 Å². The van der Waals surface area contributed by atoms with Gasteiger partial charge in [0.15, 0.2) is 5.82 Å². The van der Waals surface area contributed by atoms with Gasteiger partial charge in [0, 0.05) is 22.8 Å². The summed E-state index contributed by atoms with van der Waals surface area (Å²) in [6.07, 6.45) is 4.76. The van der Waals surface area contributed by atoms with E-state index in [4.69, 9.17) is 5.73 Å². The normalized spacial score (nSPS) is 10.4. The van der Waals surface area contributed by atoms with E-state index in [-0.39, 0.29) is 0 Å². The summed E-state index contributed by atoms with van der Waals surface area (Å²) in [6, 6.07) is 1.92. The van der Waals surface area contributed by atoms with Gasteiger partial charge in [0.2, 0.25) is 0 Å². The fourth-order valence-electron chi connectivity index (χ4n) is 1.15. The number of halogens is 1. The Morgan fingerprint density at radius 3 is 3.00 bits per heavy atom. The molecule has 6 heteroatoms. The second-order valence-corrected chi connectivity index (χ2v) is 3.60. The first-order chi connectivity index (χ1) is 6.81. The SMILES string of the molecule is NCc1cc(Br)cnc1-n1cncn1. The maximum absolute atomic E-state index is 5.60. The average Bonchev–Trinajstić information content (AvgIpc) is 2.70. The zero-order chi connectivity index (χ0) is 9.97. The van der Waals surface area contributed by atoms with Gasteiger partial charge in [-0.15, -0.1) is 0 Å². The molecule has 2 rings (SSSR count). The molecule has 0 amide bonds. The Hall–Kier alpha value is -1.27. The van der Waals surface area contributed by atoms with E-state index >= 15 is 0 Å². The van der Waals surface area contributed by atoms with Crippen molar-refractivity contribution in [2.45, 2.75) is 6.54 Å². The molecule has 0 aromatic carbocycles. The summed E-state index contributed by atoms with van der Waals surface area (Å²) < 4.78 is 2.50. The molecule has 0 atom stereocenters. The van der Waals surface area contributed by atoms with E-state index in [1.165, 1.54) is 6.33 Å². The first-order valence-corrected chi connectivity index (χ1v) is 4.80. The van der Waals surface area contributed by atoms with E-state index in [1.54, 1.807) is 17.2 Å². The largest absolute Gasteiger partial charge is 0.326 e. The Balaban J connectivity index is 2.53. The minimum Gasteiger partial charge on any atom is -0.326 e. The lowest BCUT2D eigenvalue weighted by Gasteiger charge is -2.05. The molecule has 14 heavy (non-hydrogen) atoms. The Labute approximate surface area is 89.1 Å². The first-order valence-electron chi connectivity index (χ1n) is 4.01. The summed E-state index contributed by atoms with van der Waals surface area (Å²) in [7, 11) is 0. The Morgan fingerprint density at radius 1 is 1.50 bits per heavy atom. The van der Waals surface area contributed by atoms with Gasteiger partial charge in [-0.25, -0.2) is 14.6 Å². The van der Waals surface area contributed by atoms with Crippen LogP contribution in [0.5, 0.6) is 0 Å². The van der Waals surface area contributed by atoms with Crippen LogP contribution >= 0.6 is 15.9 Å². The molecule has 2 heterocycles. The number of aromatic nitrogens is 4. The molecule has 5 nitrogen and oxygen atoms in total. The fourth-order valence-corrected chi connectivity index (χ4v) is 1.53. The van der Waals surface area contributed by atoms with Crippen LogP contribution in [0.25, 0.3) is 5.82 Å². The van der Waals surface area contributed by atoms with Gasteiger partial charge in [-0.1, -0.05) is 0 Å². The molecule has 2 N–H and O–H groups in total. The third-order valence-corrected chi connectivity index (χ3v) is 2.20. The predicted molar refractivity (Wildman–Crippen MR) is 54.7 cm³/mol. The van der Waals surface area contributed by atoms with Gasteiger partial charge in [-0.3, -0.25) is 0 Å². The molecule has 0 fully saturated rings. The minimum atomic E-state index is 0.418. The van der Waals surface area contributed by atoms with Gasteiger partial charge < -0.3 is 5.73 Å². The summed E-state index contributed by atoms with van der Waals surface area (Å²) in [6.45, 7) is 0.418. The zero-order valence-corrected chi connectivity index (χ0v) is 8.85. The first kappa shape index (κ1) is 9.29. The second kappa shape index (κ2) is 3.85. The van der Waals surface area contributed by atoms with Crippen LogP contribution in [0.2, 0.25) is 0 Å². The molecule has 0 saturated carbocycles. The highest BCUT2D eigenvalue weighted by molar-refractivity contribution is 9.10. The van der Waals surface area contributed by atoms with E-state index in [1.807, 2.05) is 6.07 Å².